The Morgan fingerprint density at radius 3 is 2.10 bits per heavy atom. The molecule has 1 aliphatic rings. The first kappa shape index (κ1) is 20.5. The van der Waals surface area contributed by atoms with Crippen molar-refractivity contribution in [2.24, 2.45) is 0 Å². The lowest BCUT2D eigenvalue weighted by Gasteiger charge is -2.21. The van der Waals surface area contributed by atoms with Gasteiger partial charge in [-0.25, -0.2) is 14.4 Å². The monoisotopic (exact) mass is 527 g/mol. The highest BCUT2D eigenvalue weighted by Gasteiger charge is 2.36. The van der Waals surface area contributed by atoms with E-state index in [0.29, 0.717) is 0 Å². The van der Waals surface area contributed by atoms with Gasteiger partial charge in [-0.05, 0) is 58.7 Å². The Kier molecular flexibility index (Phi) is 3.17. The minimum Gasteiger partial charge on any atom is -0.456 e. The molecule has 10 aromatic rings. The molecule has 192 valence electrons. The van der Waals surface area contributed by atoms with E-state index in [9.17, 15) is 0 Å². The van der Waals surface area contributed by atoms with Crippen molar-refractivity contribution >= 4 is 72.1 Å². The third-order valence-electron chi connectivity index (χ3n) is 9.57. The molecule has 41 heavy (non-hydrogen) atoms. The van der Waals surface area contributed by atoms with Gasteiger partial charge >= 0.3 is 0 Å². The average molecular weight is 528 g/mol. The van der Waals surface area contributed by atoms with E-state index in [2.05, 4.69) is 106 Å². The molecule has 0 bridgehead atoms. The minimum absolute atomic E-state index is 0.0695. The highest BCUT2D eigenvalue weighted by molar-refractivity contribution is 6.11. The zero-order chi connectivity index (χ0) is 26.8. The van der Waals surface area contributed by atoms with Gasteiger partial charge in [-0.1, -0.05) is 62.4 Å². The van der Waals surface area contributed by atoms with Gasteiger partial charge in [-0.3, -0.25) is 8.80 Å². The summed E-state index contributed by atoms with van der Waals surface area (Å²) in [4.78, 5) is 10.4. The smallest absolute Gasteiger partial charge is 0.223 e. The molecule has 0 amide bonds. The Balaban J connectivity index is 1.29. The molecule has 0 atom stereocenters. The maximum Gasteiger partial charge on any atom is 0.223 e. The second-order valence-electron chi connectivity index (χ2n) is 12.0. The van der Waals surface area contributed by atoms with Crippen molar-refractivity contribution in [3.05, 3.63) is 102 Å². The first-order chi connectivity index (χ1) is 20.1. The van der Waals surface area contributed by atoms with E-state index in [-0.39, 0.29) is 5.41 Å². The number of benzene rings is 5. The van der Waals surface area contributed by atoms with E-state index in [0.717, 1.165) is 72.1 Å². The Labute approximate surface area is 232 Å². The molecule has 0 saturated carbocycles. The molecule has 5 aromatic carbocycles. The Morgan fingerprint density at radius 1 is 0.561 bits per heavy atom. The van der Waals surface area contributed by atoms with Crippen molar-refractivity contribution in [2.75, 3.05) is 0 Å². The van der Waals surface area contributed by atoms with Crippen LogP contribution < -0.4 is 0 Å². The molecule has 0 spiro atoms. The number of hydrogen-bond acceptors (Lipinski definition) is 3. The number of fused-ring (bicyclic) bond motifs is 16. The molecule has 1 aliphatic carbocycles. The van der Waals surface area contributed by atoms with Crippen LogP contribution in [0, 0.1) is 0 Å². The summed E-state index contributed by atoms with van der Waals surface area (Å²) in [5.74, 6) is 1.76. The second-order valence-corrected chi connectivity index (χ2v) is 12.0. The maximum absolute atomic E-state index is 6.19. The van der Waals surface area contributed by atoms with E-state index < -0.39 is 0 Å². The summed E-state index contributed by atoms with van der Waals surface area (Å²) in [5.41, 5.74) is 14.5. The van der Waals surface area contributed by atoms with Gasteiger partial charge in [-0.2, -0.15) is 0 Å². The number of furan rings is 1. The zero-order valence-electron chi connectivity index (χ0n) is 22.3. The number of imidazole rings is 4. The van der Waals surface area contributed by atoms with Crippen LogP contribution in [0.4, 0.5) is 0 Å². The zero-order valence-corrected chi connectivity index (χ0v) is 22.3. The van der Waals surface area contributed by atoms with Crippen molar-refractivity contribution in [3.63, 3.8) is 0 Å². The molecule has 0 N–H and O–H groups in total. The van der Waals surface area contributed by atoms with Crippen molar-refractivity contribution in [2.45, 2.75) is 19.3 Å². The minimum atomic E-state index is -0.0695. The van der Waals surface area contributed by atoms with Gasteiger partial charge in [0.05, 0.1) is 33.1 Å². The molecule has 5 aromatic heterocycles. The van der Waals surface area contributed by atoms with E-state index in [1.165, 1.54) is 22.3 Å². The van der Waals surface area contributed by atoms with Crippen LogP contribution in [0.5, 0.6) is 0 Å². The Hall–Kier alpha value is -5.36. The summed E-state index contributed by atoms with van der Waals surface area (Å²) in [7, 11) is 0. The van der Waals surface area contributed by atoms with Crippen molar-refractivity contribution in [1.82, 2.24) is 23.2 Å². The lowest BCUT2D eigenvalue weighted by Crippen LogP contribution is -2.14. The van der Waals surface area contributed by atoms with E-state index >= 15 is 0 Å². The highest BCUT2D eigenvalue weighted by Crippen LogP contribution is 2.50. The number of hydrogen-bond donors (Lipinski definition) is 0. The van der Waals surface area contributed by atoms with E-state index in [1.807, 2.05) is 12.1 Å². The fourth-order valence-electron chi connectivity index (χ4n) is 7.72. The van der Waals surface area contributed by atoms with Gasteiger partial charge in [0.2, 0.25) is 11.6 Å². The third kappa shape index (κ3) is 2.16. The summed E-state index contributed by atoms with van der Waals surface area (Å²) < 4.78 is 13.0. The predicted molar refractivity (Wildman–Crippen MR) is 163 cm³/mol. The van der Waals surface area contributed by atoms with Gasteiger partial charge in [0, 0.05) is 22.3 Å². The van der Waals surface area contributed by atoms with Crippen LogP contribution in [-0.4, -0.2) is 23.2 Å². The fraction of sp³-hybridized carbons (Fsp3) is 0.0857. The van der Waals surface area contributed by atoms with Gasteiger partial charge in [0.25, 0.3) is 0 Å². The summed E-state index contributed by atoms with van der Waals surface area (Å²) >= 11 is 0. The lowest BCUT2D eigenvalue weighted by atomic mass is 9.82. The molecule has 0 unspecified atom stereocenters. The predicted octanol–water partition coefficient (Wildman–Crippen LogP) is 8.34. The van der Waals surface area contributed by atoms with Crippen LogP contribution in [0.15, 0.2) is 95.4 Å². The Morgan fingerprint density at radius 2 is 1.27 bits per heavy atom. The molecule has 0 aliphatic heterocycles. The van der Waals surface area contributed by atoms with Gasteiger partial charge in [-0.15, -0.1) is 0 Å². The number of nitrogens with zero attached hydrogens (tertiary/aromatic N) is 5. The number of para-hydroxylation sites is 2. The number of aromatic nitrogens is 5. The summed E-state index contributed by atoms with van der Waals surface area (Å²) in [6.45, 7) is 4.65. The SMILES string of the molecule is CC1(C)c2ccccc2-c2cc3nc4n(c3cc21)c1cccc2c1n4c1nc3cc4oc5ccccc5c4cc3n21. The quantitative estimate of drug-likeness (QED) is 0.199. The van der Waals surface area contributed by atoms with Gasteiger partial charge in [0.15, 0.2) is 0 Å². The highest BCUT2D eigenvalue weighted by atomic mass is 16.3. The maximum atomic E-state index is 6.19. The summed E-state index contributed by atoms with van der Waals surface area (Å²) in [6.07, 6.45) is 0. The standard InChI is InChI=1S/C35H21N5O/c1-35(2)22-10-5-3-8-18(22)20-14-24-29(16-23(20)35)39-27-12-7-11-26-32(27)40(33(39)36-24)34-37-25-17-31-21(15-28(25)38(26)34)19-9-4-6-13-30(19)41-31/h3-17H,1-2H3. The first-order valence-electron chi connectivity index (χ1n) is 14.0. The van der Waals surface area contributed by atoms with Gasteiger partial charge < -0.3 is 4.42 Å². The van der Waals surface area contributed by atoms with E-state index in [1.54, 1.807) is 0 Å². The second kappa shape index (κ2) is 6.34. The van der Waals surface area contributed by atoms with Gasteiger partial charge in [0.1, 0.15) is 16.7 Å². The summed E-state index contributed by atoms with van der Waals surface area (Å²) in [5, 5.41) is 2.23. The summed E-state index contributed by atoms with van der Waals surface area (Å²) in [6, 6.07) is 32.5. The van der Waals surface area contributed by atoms with Crippen LogP contribution >= 0.6 is 0 Å². The molecule has 0 fully saturated rings. The van der Waals surface area contributed by atoms with Crippen LogP contribution in [0.1, 0.15) is 25.0 Å². The molecular formula is C35H21N5O. The molecule has 5 heterocycles. The normalized spacial score (nSPS) is 14.8. The molecule has 6 nitrogen and oxygen atoms in total. The molecule has 6 heteroatoms. The van der Waals surface area contributed by atoms with Crippen LogP contribution in [0.25, 0.3) is 83.2 Å². The van der Waals surface area contributed by atoms with Crippen molar-refractivity contribution in [3.8, 4) is 11.1 Å². The topological polar surface area (TPSA) is 52.2 Å². The van der Waals surface area contributed by atoms with E-state index in [4.69, 9.17) is 14.4 Å². The average Bonchev–Trinajstić information content (AvgIpc) is 3.79. The fourth-order valence-corrected chi connectivity index (χ4v) is 7.72. The van der Waals surface area contributed by atoms with Crippen LogP contribution in [-0.2, 0) is 5.41 Å². The number of rotatable bonds is 0. The first-order valence-corrected chi connectivity index (χ1v) is 14.0. The Bertz CT molecular complexity index is 2780. The third-order valence-corrected chi connectivity index (χ3v) is 9.57. The molecule has 0 radical (unpaired) electrons. The van der Waals surface area contributed by atoms with Crippen molar-refractivity contribution < 1.29 is 4.42 Å². The van der Waals surface area contributed by atoms with Crippen molar-refractivity contribution in [1.29, 1.82) is 0 Å². The lowest BCUT2D eigenvalue weighted by molar-refractivity contribution is 0.661. The van der Waals surface area contributed by atoms with Crippen LogP contribution in [0.3, 0.4) is 0 Å². The van der Waals surface area contributed by atoms with Crippen LogP contribution in [0.2, 0.25) is 0 Å². The molecular weight excluding hydrogens is 506 g/mol. The molecule has 11 rings (SSSR count). The molecule has 0 saturated heterocycles. The largest absolute Gasteiger partial charge is 0.456 e.